The van der Waals surface area contributed by atoms with Crippen LogP contribution in [0.5, 0.6) is 0 Å². The van der Waals surface area contributed by atoms with Crippen molar-refractivity contribution in [3.63, 3.8) is 0 Å². The number of hydrogen-bond acceptors (Lipinski definition) is 4. The molecule has 0 unspecified atom stereocenters. The van der Waals surface area contributed by atoms with E-state index in [4.69, 9.17) is 0 Å². The molecule has 1 heterocycles. The molecule has 114 valence electrons. The van der Waals surface area contributed by atoms with Crippen LogP contribution in [-0.4, -0.2) is 28.9 Å². The van der Waals surface area contributed by atoms with Gasteiger partial charge in [-0.15, -0.1) is 5.10 Å². The monoisotopic (exact) mass is 308 g/mol. The molecule has 0 aliphatic rings. The summed E-state index contributed by atoms with van der Waals surface area (Å²) < 4.78 is 27.5. The number of unbranched alkanes of at least 4 members (excludes halogenated alkanes) is 1. The van der Waals surface area contributed by atoms with Crippen molar-refractivity contribution in [2.24, 2.45) is 0 Å². The quantitative estimate of drug-likeness (QED) is 0.850. The van der Waals surface area contributed by atoms with Gasteiger partial charge in [-0.25, -0.2) is 17.8 Å². The summed E-state index contributed by atoms with van der Waals surface area (Å²) in [5, 5.41) is 4.14. The average molecular weight is 308 g/mol. The molecule has 6 nitrogen and oxygen atoms in total. The number of hydrogen-bond donors (Lipinski definition) is 1. The number of nitrogens with one attached hydrogen (secondary N) is 1. The van der Waals surface area contributed by atoms with Gasteiger partial charge < -0.3 is 0 Å². The van der Waals surface area contributed by atoms with Gasteiger partial charge in [0.05, 0.1) is 12.3 Å². The molecular formula is C14H20N4O2S. The molecule has 0 amide bonds. The van der Waals surface area contributed by atoms with Gasteiger partial charge in [0.15, 0.2) is 0 Å². The Bertz CT molecular complexity index is 677. The van der Waals surface area contributed by atoms with E-state index >= 15 is 0 Å². The van der Waals surface area contributed by atoms with Crippen LogP contribution >= 0.6 is 0 Å². The summed E-state index contributed by atoms with van der Waals surface area (Å²) in [6.07, 6.45) is 2.98. The molecule has 7 heteroatoms. The number of rotatable bonds is 7. The molecule has 2 rings (SSSR count). The van der Waals surface area contributed by atoms with Crippen molar-refractivity contribution in [3.05, 3.63) is 41.7 Å². The van der Waals surface area contributed by atoms with E-state index in [0.717, 1.165) is 12.0 Å². The third kappa shape index (κ3) is 4.86. The second kappa shape index (κ2) is 6.71. The lowest BCUT2D eigenvalue weighted by Gasteiger charge is -2.03. The third-order valence-corrected chi connectivity index (χ3v) is 4.33. The number of benzene rings is 1. The highest BCUT2D eigenvalue weighted by Crippen LogP contribution is 2.07. The maximum atomic E-state index is 11.8. The van der Waals surface area contributed by atoms with Crippen molar-refractivity contribution in [3.8, 4) is 0 Å². The van der Waals surface area contributed by atoms with Crippen LogP contribution in [-0.2, 0) is 16.6 Å². The molecular weight excluding hydrogens is 288 g/mol. The number of aromatic nitrogens is 3. The number of nitrogens with zero attached hydrogens (tertiary/aromatic N) is 3. The number of anilines is 1. The van der Waals surface area contributed by atoms with Crippen molar-refractivity contribution in [2.75, 3.05) is 10.5 Å². The molecule has 0 aliphatic carbocycles. The first kappa shape index (κ1) is 15.5. The van der Waals surface area contributed by atoms with E-state index in [9.17, 15) is 8.42 Å². The zero-order valence-corrected chi connectivity index (χ0v) is 13.1. The molecule has 0 saturated carbocycles. The number of aryl methyl sites for hydroxylation is 1. The molecule has 0 saturated heterocycles. The summed E-state index contributed by atoms with van der Waals surface area (Å²) in [6, 6.07) is 8.09. The van der Waals surface area contributed by atoms with E-state index in [1.807, 2.05) is 38.1 Å². The summed E-state index contributed by atoms with van der Waals surface area (Å²) >= 11 is 0. The van der Waals surface area contributed by atoms with E-state index in [-0.39, 0.29) is 11.7 Å². The van der Waals surface area contributed by atoms with Crippen LogP contribution in [0.15, 0.2) is 30.6 Å². The van der Waals surface area contributed by atoms with Gasteiger partial charge >= 0.3 is 0 Å². The van der Waals surface area contributed by atoms with Crippen LogP contribution in [0.25, 0.3) is 0 Å². The van der Waals surface area contributed by atoms with Crippen molar-refractivity contribution >= 4 is 16.0 Å². The molecule has 0 spiro atoms. The average Bonchev–Trinajstić information content (AvgIpc) is 2.85. The summed E-state index contributed by atoms with van der Waals surface area (Å²) in [7, 11) is -3.35. The van der Waals surface area contributed by atoms with E-state index in [2.05, 4.69) is 14.8 Å². The number of sulfonamides is 1. The predicted octanol–water partition coefficient (Wildman–Crippen LogP) is 2.18. The van der Waals surface area contributed by atoms with Crippen molar-refractivity contribution in [1.82, 2.24) is 14.8 Å². The van der Waals surface area contributed by atoms with Gasteiger partial charge in [0.25, 0.3) is 5.95 Å². The molecule has 1 aromatic carbocycles. The van der Waals surface area contributed by atoms with Crippen LogP contribution in [0.1, 0.15) is 30.9 Å². The third-order valence-electron chi connectivity index (χ3n) is 3.02. The highest BCUT2D eigenvalue weighted by Gasteiger charge is 2.12. The van der Waals surface area contributed by atoms with Crippen LogP contribution < -0.4 is 4.72 Å². The fourth-order valence-electron chi connectivity index (χ4n) is 1.82. The van der Waals surface area contributed by atoms with Gasteiger partial charge in [0.1, 0.15) is 6.33 Å². The minimum atomic E-state index is -3.35. The van der Waals surface area contributed by atoms with Gasteiger partial charge in [0.2, 0.25) is 10.0 Å². The topological polar surface area (TPSA) is 76.9 Å². The molecule has 0 radical (unpaired) electrons. The maximum Gasteiger partial charge on any atom is 0.255 e. The molecule has 0 atom stereocenters. The molecule has 1 N–H and O–H groups in total. The second-order valence-electron chi connectivity index (χ2n) is 5.03. The Morgan fingerprint density at radius 1 is 1.24 bits per heavy atom. The fraction of sp³-hybridized carbons (Fsp3) is 0.429. The van der Waals surface area contributed by atoms with Crippen LogP contribution in [0.2, 0.25) is 0 Å². The standard InChI is InChI=1S/C14H20N4O2S/c1-3-4-9-21(19,20)17-14-15-11-18(16-14)10-13-7-5-12(2)6-8-13/h5-8,11H,3-4,9-10H2,1-2H3,(H,16,17). The molecule has 1 aromatic heterocycles. The fourth-order valence-corrected chi connectivity index (χ4v) is 2.97. The Labute approximate surface area is 125 Å². The molecule has 21 heavy (non-hydrogen) atoms. The zero-order valence-electron chi connectivity index (χ0n) is 12.3. The van der Waals surface area contributed by atoms with E-state index in [1.165, 1.54) is 11.9 Å². The molecule has 0 bridgehead atoms. The smallest absolute Gasteiger partial charge is 0.250 e. The van der Waals surface area contributed by atoms with E-state index in [0.29, 0.717) is 13.0 Å². The predicted molar refractivity (Wildman–Crippen MR) is 82.6 cm³/mol. The SMILES string of the molecule is CCCCS(=O)(=O)Nc1ncn(Cc2ccc(C)cc2)n1. The van der Waals surface area contributed by atoms with Gasteiger partial charge in [-0.1, -0.05) is 43.2 Å². The van der Waals surface area contributed by atoms with Crippen LogP contribution in [0.4, 0.5) is 5.95 Å². The highest BCUT2D eigenvalue weighted by molar-refractivity contribution is 7.92. The molecule has 0 aliphatic heterocycles. The first-order chi connectivity index (χ1) is 9.98. The van der Waals surface area contributed by atoms with E-state index in [1.54, 1.807) is 4.68 Å². The Balaban J connectivity index is 1.99. The first-order valence-electron chi connectivity index (χ1n) is 6.94. The van der Waals surface area contributed by atoms with Crippen molar-refractivity contribution in [2.45, 2.75) is 33.2 Å². The van der Waals surface area contributed by atoms with Gasteiger partial charge in [-0.2, -0.15) is 4.98 Å². The lowest BCUT2D eigenvalue weighted by atomic mass is 10.1. The van der Waals surface area contributed by atoms with Crippen LogP contribution in [0, 0.1) is 6.92 Å². The van der Waals surface area contributed by atoms with Gasteiger partial charge in [-0.05, 0) is 18.9 Å². The Morgan fingerprint density at radius 3 is 2.62 bits per heavy atom. The van der Waals surface area contributed by atoms with Gasteiger partial charge in [-0.3, -0.25) is 0 Å². The minimum absolute atomic E-state index is 0.0933. The summed E-state index contributed by atoms with van der Waals surface area (Å²) in [4.78, 5) is 3.98. The Kier molecular flexibility index (Phi) is 4.95. The maximum absolute atomic E-state index is 11.8. The van der Waals surface area contributed by atoms with Crippen molar-refractivity contribution in [1.29, 1.82) is 0 Å². The summed E-state index contributed by atoms with van der Waals surface area (Å²) in [5.41, 5.74) is 2.28. The Hall–Kier alpha value is -1.89. The lowest BCUT2D eigenvalue weighted by Crippen LogP contribution is -2.17. The van der Waals surface area contributed by atoms with Gasteiger partial charge in [0, 0.05) is 0 Å². The normalized spacial score (nSPS) is 11.5. The van der Waals surface area contributed by atoms with Crippen molar-refractivity contribution < 1.29 is 8.42 Å². The lowest BCUT2D eigenvalue weighted by molar-refractivity contribution is 0.597. The minimum Gasteiger partial charge on any atom is -0.250 e. The summed E-state index contributed by atoms with van der Waals surface area (Å²) in [6.45, 7) is 4.54. The zero-order chi connectivity index (χ0) is 15.3. The Morgan fingerprint density at radius 2 is 1.95 bits per heavy atom. The van der Waals surface area contributed by atoms with Crippen LogP contribution in [0.3, 0.4) is 0 Å². The second-order valence-corrected chi connectivity index (χ2v) is 6.87. The van der Waals surface area contributed by atoms with E-state index < -0.39 is 10.0 Å². The molecule has 0 fully saturated rings. The largest absolute Gasteiger partial charge is 0.255 e. The summed E-state index contributed by atoms with van der Waals surface area (Å²) in [5.74, 6) is 0.217. The highest BCUT2D eigenvalue weighted by atomic mass is 32.2. The molecule has 2 aromatic rings. The first-order valence-corrected chi connectivity index (χ1v) is 8.59.